The van der Waals surface area contributed by atoms with E-state index in [0.29, 0.717) is 18.2 Å². The van der Waals surface area contributed by atoms with E-state index in [1.165, 1.54) is 12.1 Å². The van der Waals surface area contributed by atoms with Crippen LogP contribution in [0.4, 0.5) is 21.6 Å². The molecule has 6 heteroatoms. The van der Waals surface area contributed by atoms with Crippen LogP contribution in [0.25, 0.3) is 0 Å². The fraction of sp³-hybridized carbons (Fsp3) is 0.400. The second-order valence-electron chi connectivity index (χ2n) is 7.00. The molecule has 1 amide bonds. The highest BCUT2D eigenvalue weighted by Gasteiger charge is 2.18. The van der Waals surface area contributed by atoms with Gasteiger partial charge in [-0.3, -0.25) is 4.79 Å². The molecule has 0 saturated carbocycles. The van der Waals surface area contributed by atoms with Gasteiger partial charge < -0.3 is 15.1 Å². The van der Waals surface area contributed by atoms with Gasteiger partial charge in [-0.15, -0.1) is 0 Å². The van der Waals surface area contributed by atoms with Gasteiger partial charge in [0.1, 0.15) is 11.6 Å². The molecule has 0 atom stereocenters. The first-order valence-corrected chi connectivity index (χ1v) is 9.02. The Morgan fingerprint density at radius 3 is 2.15 bits per heavy atom. The van der Waals surface area contributed by atoms with Crippen molar-refractivity contribution in [2.24, 2.45) is 5.92 Å². The molecule has 1 aliphatic heterocycles. The van der Waals surface area contributed by atoms with Crippen LogP contribution in [0.3, 0.4) is 0 Å². The van der Waals surface area contributed by atoms with Gasteiger partial charge in [-0.2, -0.15) is 0 Å². The minimum absolute atomic E-state index is 0.00633. The maximum absolute atomic E-state index is 13.1. The van der Waals surface area contributed by atoms with Crippen molar-refractivity contribution in [3.8, 4) is 0 Å². The molecule has 1 fully saturated rings. The number of nitrogens with one attached hydrogen (secondary N) is 1. The summed E-state index contributed by atoms with van der Waals surface area (Å²) in [5.41, 5.74) is 2.10. The van der Waals surface area contributed by atoms with Crippen molar-refractivity contribution in [2.75, 3.05) is 41.3 Å². The van der Waals surface area contributed by atoms with Crippen molar-refractivity contribution in [1.82, 2.24) is 4.98 Å². The number of benzene rings is 1. The summed E-state index contributed by atoms with van der Waals surface area (Å²) in [5.74, 6) is 0.697. The molecule has 1 N–H and O–H groups in total. The largest absolute Gasteiger partial charge is 0.368 e. The zero-order valence-corrected chi connectivity index (χ0v) is 15.3. The average molecular weight is 356 g/mol. The molecule has 1 aromatic carbocycles. The van der Waals surface area contributed by atoms with Crippen molar-refractivity contribution in [1.29, 1.82) is 0 Å². The SMILES string of the molecule is CC(C)CC(=O)Nc1ccc(N2CCN(c3ccc(F)cc3)CC2)cn1. The Hall–Kier alpha value is -2.63. The zero-order valence-electron chi connectivity index (χ0n) is 15.3. The molecular formula is C20H25FN4O. The zero-order chi connectivity index (χ0) is 18.5. The number of anilines is 3. The Morgan fingerprint density at radius 1 is 1.04 bits per heavy atom. The van der Waals surface area contributed by atoms with Crippen molar-refractivity contribution in [2.45, 2.75) is 20.3 Å². The van der Waals surface area contributed by atoms with E-state index in [2.05, 4.69) is 20.1 Å². The highest BCUT2D eigenvalue weighted by atomic mass is 19.1. The normalized spacial score (nSPS) is 14.6. The third kappa shape index (κ3) is 4.71. The summed E-state index contributed by atoms with van der Waals surface area (Å²) in [5, 5.41) is 2.83. The molecule has 1 aromatic heterocycles. The number of rotatable bonds is 5. The predicted octanol–water partition coefficient (Wildman–Crippen LogP) is 3.53. The van der Waals surface area contributed by atoms with Crippen LogP contribution in [0.15, 0.2) is 42.6 Å². The maximum Gasteiger partial charge on any atom is 0.225 e. The molecule has 0 radical (unpaired) electrons. The topological polar surface area (TPSA) is 48.5 Å². The first kappa shape index (κ1) is 18.2. The van der Waals surface area contributed by atoms with E-state index in [0.717, 1.165) is 37.6 Å². The fourth-order valence-corrected chi connectivity index (χ4v) is 3.09. The Labute approximate surface area is 153 Å². The highest BCUT2D eigenvalue weighted by molar-refractivity contribution is 5.89. The summed E-state index contributed by atoms with van der Waals surface area (Å²) >= 11 is 0. The minimum Gasteiger partial charge on any atom is -0.368 e. The number of halogens is 1. The van der Waals surface area contributed by atoms with E-state index in [9.17, 15) is 9.18 Å². The van der Waals surface area contributed by atoms with Gasteiger partial charge in [0.2, 0.25) is 5.91 Å². The van der Waals surface area contributed by atoms with E-state index in [-0.39, 0.29) is 11.7 Å². The van der Waals surface area contributed by atoms with Gasteiger partial charge in [-0.05, 0) is 42.3 Å². The molecule has 2 heterocycles. The lowest BCUT2D eigenvalue weighted by Gasteiger charge is -2.37. The average Bonchev–Trinajstić information content (AvgIpc) is 2.62. The van der Waals surface area contributed by atoms with Crippen LogP contribution in [-0.4, -0.2) is 37.1 Å². The number of amides is 1. The number of hydrogen-bond donors (Lipinski definition) is 1. The summed E-state index contributed by atoms with van der Waals surface area (Å²) in [6.07, 6.45) is 2.30. The summed E-state index contributed by atoms with van der Waals surface area (Å²) < 4.78 is 13.1. The molecule has 0 aliphatic carbocycles. The van der Waals surface area contributed by atoms with E-state index in [4.69, 9.17) is 0 Å². The fourth-order valence-electron chi connectivity index (χ4n) is 3.09. The standard InChI is InChI=1S/C20H25FN4O/c1-15(2)13-20(26)23-19-8-7-18(14-22-19)25-11-9-24(10-12-25)17-5-3-16(21)4-6-17/h3-8,14-15H,9-13H2,1-2H3,(H,22,23,26). The van der Waals surface area contributed by atoms with E-state index in [1.54, 1.807) is 6.20 Å². The molecular weight excluding hydrogens is 331 g/mol. The Kier molecular flexibility index (Phi) is 5.71. The molecule has 2 aromatic rings. The molecule has 1 saturated heterocycles. The number of carbonyl (C=O) groups excluding carboxylic acids is 1. The van der Waals surface area contributed by atoms with Crippen molar-refractivity contribution in [3.05, 3.63) is 48.4 Å². The summed E-state index contributed by atoms with van der Waals surface area (Å²) in [6, 6.07) is 10.5. The molecule has 0 spiro atoms. The van der Waals surface area contributed by atoms with Gasteiger partial charge in [0.15, 0.2) is 0 Å². The van der Waals surface area contributed by atoms with Crippen molar-refractivity contribution >= 4 is 23.1 Å². The van der Waals surface area contributed by atoms with Crippen LogP contribution < -0.4 is 15.1 Å². The maximum atomic E-state index is 13.1. The Morgan fingerprint density at radius 2 is 1.62 bits per heavy atom. The number of hydrogen-bond acceptors (Lipinski definition) is 4. The van der Waals surface area contributed by atoms with Gasteiger partial charge in [0.05, 0.1) is 11.9 Å². The number of nitrogens with zero attached hydrogens (tertiary/aromatic N) is 3. The summed E-state index contributed by atoms with van der Waals surface area (Å²) in [4.78, 5) is 20.7. The number of piperazine rings is 1. The quantitative estimate of drug-likeness (QED) is 0.890. The third-order valence-electron chi connectivity index (χ3n) is 4.45. The van der Waals surface area contributed by atoms with Gasteiger partial charge in [-0.25, -0.2) is 9.37 Å². The third-order valence-corrected chi connectivity index (χ3v) is 4.45. The lowest BCUT2D eigenvalue weighted by Crippen LogP contribution is -2.46. The minimum atomic E-state index is -0.209. The summed E-state index contributed by atoms with van der Waals surface area (Å²) in [6.45, 7) is 7.52. The van der Waals surface area contributed by atoms with Crippen molar-refractivity contribution < 1.29 is 9.18 Å². The Bertz CT molecular complexity index is 722. The Balaban J connectivity index is 1.54. The molecule has 138 valence electrons. The van der Waals surface area contributed by atoms with Crippen LogP contribution in [0.2, 0.25) is 0 Å². The molecule has 5 nitrogen and oxygen atoms in total. The predicted molar refractivity (Wildman–Crippen MR) is 103 cm³/mol. The second-order valence-corrected chi connectivity index (χ2v) is 7.00. The van der Waals surface area contributed by atoms with Crippen LogP contribution >= 0.6 is 0 Å². The monoisotopic (exact) mass is 356 g/mol. The summed E-state index contributed by atoms with van der Waals surface area (Å²) in [7, 11) is 0. The number of pyridine rings is 1. The van der Waals surface area contributed by atoms with E-state index in [1.807, 2.05) is 38.1 Å². The lowest BCUT2D eigenvalue weighted by atomic mass is 10.1. The molecule has 0 unspecified atom stereocenters. The number of aromatic nitrogens is 1. The smallest absolute Gasteiger partial charge is 0.225 e. The van der Waals surface area contributed by atoms with Gasteiger partial charge >= 0.3 is 0 Å². The van der Waals surface area contributed by atoms with Crippen LogP contribution in [-0.2, 0) is 4.79 Å². The highest BCUT2D eigenvalue weighted by Crippen LogP contribution is 2.21. The molecule has 1 aliphatic rings. The second kappa shape index (κ2) is 8.17. The van der Waals surface area contributed by atoms with E-state index >= 15 is 0 Å². The first-order chi connectivity index (χ1) is 12.5. The lowest BCUT2D eigenvalue weighted by molar-refractivity contribution is -0.116. The van der Waals surface area contributed by atoms with Gasteiger partial charge in [0.25, 0.3) is 0 Å². The van der Waals surface area contributed by atoms with Crippen LogP contribution in [0, 0.1) is 11.7 Å². The van der Waals surface area contributed by atoms with Gasteiger partial charge in [-0.1, -0.05) is 13.8 Å². The molecule has 3 rings (SSSR count). The van der Waals surface area contributed by atoms with Crippen LogP contribution in [0.1, 0.15) is 20.3 Å². The van der Waals surface area contributed by atoms with Crippen molar-refractivity contribution in [3.63, 3.8) is 0 Å². The van der Waals surface area contributed by atoms with E-state index < -0.39 is 0 Å². The molecule has 0 bridgehead atoms. The first-order valence-electron chi connectivity index (χ1n) is 9.02. The van der Waals surface area contributed by atoms with Crippen LogP contribution in [0.5, 0.6) is 0 Å². The van der Waals surface area contributed by atoms with Gasteiger partial charge in [0, 0.05) is 38.3 Å². The number of carbonyl (C=O) groups is 1. The molecule has 26 heavy (non-hydrogen) atoms.